The Morgan fingerprint density at radius 1 is 1.18 bits per heavy atom. The van der Waals surface area contributed by atoms with Crippen LogP contribution >= 0.6 is 23.2 Å². The van der Waals surface area contributed by atoms with E-state index in [1.807, 2.05) is 12.1 Å². The van der Waals surface area contributed by atoms with Crippen molar-refractivity contribution in [3.63, 3.8) is 0 Å². The maximum absolute atomic E-state index is 6.02. The molecule has 0 saturated carbocycles. The zero-order valence-electron chi connectivity index (χ0n) is 8.86. The highest BCUT2D eigenvalue weighted by molar-refractivity contribution is 6.32. The van der Waals surface area contributed by atoms with Gasteiger partial charge in [0.05, 0.1) is 5.02 Å². The number of para-hydroxylation sites is 1. The molecule has 1 aromatic carbocycles. The summed E-state index contributed by atoms with van der Waals surface area (Å²) in [5.74, 6) is 0.834. The third-order valence-corrected chi connectivity index (χ3v) is 2.73. The minimum Gasteiger partial charge on any atom is -0.436 e. The summed E-state index contributed by atoms with van der Waals surface area (Å²) < 4.78 is 5.52. The minimum absolute atomic E-state index is 0.317. The highest BCUT2D eigenvalue weighted by atomic mass is 35.5. The van der Waals surface area contributed by atoms with E-state index in [0.717, 1.165) is 5.56 Å². The summed E-state index contributed by atoms with van der Waals surface area (Å²) in [6.07, 6.45) is 1.62. The van der Waals surface area contributed by atoms with Crippen LogP contribution in [-0.2, 0) is 6.54 Å². The summed E-state index contributed by atoms with van der Waals surface area (Å²) in [6, 6.07) is 8.85. The fraction of sp³-hybridized carbons (Fsp3) is 0.0833. The molecular weight excluding hydrogens is 259 g/mol. The van der Waals surface area contributed by atoms with Crippen molar-refractivity contribution in [3.05, 3.63) is 52.1 Å². The summed E-state index contributed by atoms with van der Waals surface area (Å²) in [5.41, 5.74) is 6.33. The lowest BCUT2D eigenvalue weighted by Gasteiger charge is -2.08. The zero-order chi connectivity index (χ0) is 12.3. The van der Waals surface area contributed by atoms with Crippen molar-refractivity contribution >= 4 is 23.2 Å². The number of nitrogens with zero attached hydrogens (tertiary/aromatic N) is 1. The van der Waals surface area contributed by atoms with Gasteiger partial charge in [0.25, 0.3) is 0 Å². The first-order chi connectivity index (χ1) is 8.20. The third-order valence-electron chi connectivity index (χ3n) is 2.14. The Balaban J connectivity index is 2.28. The molecule has 0 fully saturated rings. The number of nitrogens with two attached hydrogens (primary N) is 1. The normalized spacial score (nSPS) is 10.3. The number of benzene rings is 1. The molecule has 0 unspecified atom stereocenters. The van der Waals surface area contributed by atoms with Gasteiger partial charge >= 0.3 is 0 Å². The minimum atomic E-state index is 0.317. The van der Waals surface area contributed by atoms with Crippen molar-refractivity contribution in [1.82, 2.24) is 4.98 Å². The van der Waals surface area contributed by atoms with Gasteiger partial charge in [0.2, 0.25) is 5.88 Å². The zero-order valence-corrected chi connectivity index (χ0v) is 10.4. The van der Waals surface area contributed by atoms with E-state index in [9.17, 15) is 0 Å². The predicted octanol–water partition coefficient (Wildman–Crippen LogP) is 3.64. The van der Waals surface area contributed by atoms with Gasteiger partial charge in [-0.2, -0.15) is 0 Å². The lowest BCUT2D eigenvalue weighted by molar-refractivity contribution is 0.463. The summed E-state index contributed by atoms with van der Waals surface area (Å²) >= 11 is 12.0. The molecule has 0 aliphatic rings. The number of aromatic nitrogens is 1. The van der Waals surface area contributed by atoms with Crippen LogP contribution in [0.5, 0.6) is 11.6 Å². The SMILES string of the molecule is NCc1cnc(Oc2ccccc2Cl)c(Cl)c1. The molecule has 0 bridgehead atoms. The molecule has 0 spiro atoms. The van der Waals surface area contributed by atoms with Gasteiger partial charge in [0.1, 0.15) is 10.8 Å². The van der Waals surface area contributed by atoms with Crippen LogP contribution in [0.25, 0.3) is 0 Å². The van der Waals surface area contributed by atoms with E-state index in [-0.39, 0.29) is 0 Å². The molecule has 1 aromatic heterocycles. The molecule has 0 aliphatic heterocycles. The van der Waals surface area contributed by atoms with Crippen LogP contribution in [-0.4, -0.2) is 4.98 Å². The second kappa shape index (κ2) is 5.36. The number of rotatable bonds is 3. The smallest absolute Gasteiger partial charge is 0.238 e. The van der Waals surface area contributed by atoms with Gasteiger partial charge in [-0.15, -0.1) is 0 Å². The summed E-state index contributed by atoms with van der Waals surface area (Å²) in [6.45, 7) is 0.388. The van der Waals surface area contributed by atoms with Crippen molar-refractivity contribution in [3.8, 4) is 11.6 Å². The molecule has 2 rings (SSSR count). The Morgan fingerprint density at radius 2 is 1.94 bits per heavy atom. The number of ether oxygens (including phenoxy) is 1. The maximum atomic E-state index is 6.02. The van der Waals surface area contributed by atoms with Crippen LogP contribution in [0.2, 0.25) is 10.0 Å². The van der Waals surface area contributed by atoms with Crippen LogP contribution in [0.4, 0.5) is 0 Å². The lowest BCUT2D eigenvalue weighted by atomic mass is 10.3. The quantitative estimate of drug-likeness (QED) is 0.925. The number of hydrogen-bond acceptors (Lipinski definition) is 3. The molecule has 3 nitrogen and oxygen atoms in total. The van der Waals surface area contributed by atoms with E-state index in [2.05, 4.69) is 4.98 Å². The lowest BCUT2D eigenvalue weighted by Crippen LogP contribution is -1.98. The van der Waals surface area contributed by atoms with Crippen molar-refractivity contribution in [1.29, 1.82) is 0 Å². The van der Waals surface area contributed by atoms with E-state index in [4.69, 9.17) is 33.7 Å². The molecule has 1 heterocycles. The standard InChI is InChI=1S/C12H10Cl2N2O/c13-9-3-1-2-4-11(9)17-12-10(14)5-8(6-15)7-16-12/h1-5,7H,6,15H2. The Labute approximate surface area is 109 Å². The average Bonchev–Trinajstić information content (AvgIpc) is 2.34. The van der Waals surface area contributed by atoms with Crippen LogP contribution in [0.1, 0.15) is 5.56 Å². The second-order valence-corrected chi connectivity index (χ2v) is 4.18. The van der Waals surface area contributed by atoms with Gasteiger partial charge in [-0.25, -0.2) is 4.98 Å². The summed E-state index contributed by atoms with van der Waals surface area (Å²) in [5, 5.41) is 0.918. The van der Waals surface area contributed by atoms with Crippen LogP contribution < -0.4 is 10.5 Å². The molecule has 5 heteroatoms. The maximum Gasteiger partial charge on any atom is 0.238 e. The van der Waals surface area contributed by atoms with Crippen molar-refractivity contribution in [2.24, 2.45) is 5.73 Å². The van der Waals surface area contributed by atoms with Crippen molar-refractivity contribution < 1.29 is 4.74 Å². The van der Waals surface area contributed by atoms with Gasteiger partial charge in [0.15, 0.2) is 0 Å². The first-order valence-electron chi connectivity index (χ1n) is 4.97. The Hall–Kier alpha value is -1.29. The Kier molecular flexibility index (Phi) is 3.84. The molecular formula is C12H10Cl2N2O. The molecule has 0 amide bonds. The molecule has 88 valence electrons. The van der Waals surface area contributed by atoms with Gasteiger partial charge in [-0.1, -0.05) is 35.3 Å². The largest absolute Gasteiger partial charge is 0.436 e. The van der Waals surface area contributed by atoms with Gasteiger partial charge in [-0.3, -0.25) is 0 Å². The molecule has 0 atom stereocenters. The van der Waals surface area contributed by atoms with E-state index >= 15 is 0 Å². The van der Waals surface area contributed by atoms with Gasteiger partial charge < -0.3 is 10.5 Å². The fourth-order valence-corrected chi connectivity index (χ4v) is 1.69. The Morgan fingerprint density at radius 3 is 2.59 bits per heavy atom. The molecule has 2 aromatic rings. The fourth-order valence-electron chi connectivity index (χ4n) is 1.28. The number of halogens is 2. The Bertz CT molecular complexity index is 532. The van der Waals surface area contributed by atoms with E-state index < -0.39 is 0 Å². The molecule has 0 aliphatic carbocycles. The number of hydrogen-bond donors (Lipinski definition) is 1. The van der Waals surface area contributed by atoms with Crippen LogP contribution in [0.15, 0.2) is 36.5 Å². The first-order valence-corrected chi connectivity index (χ1v) is 5.73. The van der Waals surface area contributed by atoms with Crippen molar-refractivity contribution in [2.45, 2.75) is 6.54 Å². The topological polar surface area (TPSA) is 48.1 Å². The highest BCUT2D eigenvalue weighted by Crippen LogP contribution is 2.31. The monoisotopic (exact) mass is 268 g/mol. The van der Waals surface area contributed by atoms with Crippen LogP contribution in [0, 0.1) is 0 Å². The molecule has 2 N–H and O–H groups in total. The van der Waals surface area contributed by atoms with E-state index in [0.29, 0.717) is 28.2 Å². The second-order valence-electron chi connectivity index (χ2n) is 3.37. The first kappa shape index (κ1) is 12.2. The summed E-state index contributed by atoms with van der Waals surface area (Å²) in [4.78, 5) is 4.09. The van der Waals surface area contributed by atoms with Crippen LogP contribution in [0.3, 0.4) is 0 Å². The molecule has 17 heavy (non-hydrogen) atoms. The summed E-state index contributed by atoms with van der Waals surface area (Å²) in [7, 11) is 0. The van der Waals surface area contributed by atoms with Gasteiger partial charge in [0, 0.05) is 12.7 Å². The third kappa shape index (κ3) is 2.88. The van der Waals surface area contributed by atoms with Crippen molar-refractivity contribution in [2.75, 3.05) is 0 Å². The molecule has 0 radical (unpaired) electrons. The highest BCUT2D eigenvalue weighted by Gasteiger charge is 2.07. The van der Waals surface area contributed by atoms with E-state index in [1.165, 1.54) is 0 Å². The van der Waals surface area contributed by atoms with Gasteiger partial charge in [-0.05, 0) is 23.8 Å². The molecule has 0 saturated heterocycles. The predicted molar refractivity (Wildman–Crippen MR) is 68.7 cm³/mol. The average molecular weight is 269 g/mol. The number of pyridine rings is 1. The van der Waals surface area contributed by atoms with E-state index in [1.54, 1.807) is 24.4 Å².